The van der Waals surface area contributed by atoms with Crippen LogP contribution in [0.2, 0.25) is 0 Å². The van der Waals surface area contributed by atoms with E-state index in [1.54, 1.807) is 25.9 Å². The summed E-state index contributed by atoms with van der Waals surface area (Å²) in [5.41, 5.74) is 0.126. The van der Waals surface area contributed by atoms with Gasteiger partial charge in [-0.15, -0.1) is 0 Å². The van der Waals surface area contributed by atoms with Crippen LogP contribution in [0, 0.1) is 5.92 Å². The molecule has 0 N–H and O–H groups in total. The van der Waals surface area contributed by atoms with Crippen LogP contribution in [0.3, 0.4) is 0 Å². The summed E-state index contributed by atoms with van der Waals surface area (Å²) < 4.78 is 4.85. The van der Waals surface area contributed by atoms with Crippen LogP contribution < -0.4 is 0 Å². The Morgan fingerprint density at radius 2 is 1.88 bits per heavy atom. The Kier molecular flexibility index (Phi) is 6.46. The van der Waals surface area contributed by atoms with Crippen LogP contribution in [0.25, 0.3) is 0 Å². The van der Waals surface area contributed by atoms with Crippen molar-refractivity contribution in [1.29, 1.82) is 0 Å². The van der Waals surface area contributed by atoms with Gasteiger partial charge < -0.3 is 9.64 Å². The normalized spacial score (nSPS) is 11.5. The van der Waals surface area contributed by atoms with Crippen molar-refractivity contribution in [3.63, 3.8) is 0 Å². The number of nitrogens with zero attached hydrogens (tertiary/aromatic N) is 1. The quantitative estimate of drug-likeness (QED) is 0.299. The molecule has 92 valence electrons. The third kappa shape index (κ3) is 5.53. The fourth-order valence-corrected chi connectivity index (χ4v) is 1.19. The maximum atomic E-state index is 11.8. The van der Waals surface area contributed by atoms with E-state index in [4.69, 9.17) is 4.74 Å². The van der Waals surface area contributed by atoms with E-state index in [0.717, 1.165) is 0 Å². The summed E-state index contributed by atoms with van der Waals surface area (Å²) in [6.07, 6.45) is 1.88. The summed E-state index contributed by atoms with van der Waals surface area (Å²) in [6, 6.07) is 0. The second-order valence-electron chi connectivity index (χ2n) is 4.25. The molecule has 16 heavy (non-hydrogen) atoms. The zero-order chi connectivity index (χ0) is 12.7. The molecule has 4 heteroatoms. The minimum atomic E-state index is -0.540. The Hall–Kier alpha value is -1.32. The lowest BCUT2D eigenvalue weighted by Crippen LogP contribution is -2.20. The van der Waals surface area contributed by atoms with E-state index in [1.165, 1.54) is 6.20 Å². The highest BCUT2D eigenvalue weighted by Gasteiger charge is 2.20. The maximum absolute atomic E-state index is 11.8. The molecule has 0 fully saturated rings. The molecule has 4 nitrogen and oxygen atoms in total. The van der Waals surface area contributed by atoms with E-state index in [0.29, 0.717) is 6.42 Å². The van der Waals surface area contributed by atoms with E-state index in [-0.39, 0.29) is 23.9 Å². The van der Waals surface area contributed by atoms with Crippen molar-refractivity contribution in [3.8, 4) is 0 Å². The van der Waals surface area contributed by atoms with Crippen molar-refractivity contribution >= 4 is 11.8 Å². The highest BCUT2D eigenvalue weighted by Crippen LogP contribution is 2.10. The molecule has 0 aliphatic carbocycles. The van der Waals surface area contributed by atoms with Crippen LogP contribution in [0.4, 0.5) is 0 Å². The van der Waals surface area contributed by atoms with Gasteiger partial charge in [0.2, 0.25) is 0 Å². The van der Waals surface area contributed by atoms with Gasteiger partial charge in [-0.3, -0.25) is 4.79 Å². The molecule has 0 amide bonds. The van der Waals surface area contributed by atoms with Crippen molar-refractivity contribution in [2.24, 2.45) is 5.92 Å². The van der Waals surface area contributed by atoms with Crippen LogP contribution in [0.5, 0.6) is 0 Å². The SMILES string of the molecule is CCOC(=O)/C(=C/N(C)C)C(=O)CC(C)C. The summed E-state index contributed by atoms with van der Waals surface area (Å²) in [7, 11) is 3.53. The molecular formula is C12H21NO3. The fraction of sp³-hybridized carbons (Fsp3) is 0.667. The monoisotopic (exact) mass is 227 g/mol. The van der Waals surface area contributed by atoms with Gasteiger partial charge in [-0.1, -0.05) is 13.8 Å². The van der Waals surface area contributed by atoms with E-state index in [1.807, 2.05) is 13.8 Å². The Morgan fingerprint density at radius 1 is 1.31 bits per heavy atom. The van der Waals surface area contributed by atoms with Gasteiger partial charge >= 0.3 is 5.97 Å². The van der Waals surface area contributed by atoms with Gasteiger partial charge in [-0.25, -0.2) is 4.79 Å². The number of Topliss-reactive ketones (excluding diaryl/α,β-unsaturated/α-hetero) is 1. The van der Waals surface area contributed by atoms with Crippen molar-refractivity contribution < 1.29 is 14.3 Å². The van der Waals surface area contributed by atoms with E-state index >= 15 is 0 Å². The van der Waals surface area contributed by atoms with Crippen LogP contribution in [0.1, 0.15) is 27.2 Å². The molecule has 0 aromatic rings. The maximum Gasteiger partial charge on any atom is 0.343 e. The van der Waals surface area contributed by atoms with Gasteiger partial charge in [0.1, 0.15) is 5.57 Å². The number of ether oxygens (including phenoxy) is 1. The van der Waals surface area contributed by atoms with Gasteiger partial charge in [0.15, 0.2) is 5.78 Å². The third-order valence-corrected chi connectivity index (χ3v) is 1.78. The fourth-order valence-electron chi connectivity index (χ4n) is 1.19. The minimum Gasteiger partial charge on any atom is -0.462 e. The first-order valence-corrected chi connectivity index (χ1v) is 5.47. The van der Waals surface area contributed by atoms with Crippen molar-refractivity contribution in [2.75, 3.05) is 20.7 Å². The number of ketones is 1. The predicted octanol–water partition coefficient (Wildman–Crippen LogP) is 1.61. The molecule has 0 atom stereocenters. The summed E-state index contributed by atoms with van der Waals surface area (Å²) in [5, 5.41) is 0. The molecule has 0 rings (SSSR count). The summed E-state index contributed by atoms with van der Waals surface area (Å²) >= 11 is 0. The standard InChI is InChI=1S/C12H21NO3/c1-6-16-12(15)10(8-13(4)5)11(14)7-9(2)3/h8-9H,6-7H2,1-5H3/b10-8+. The van der Waals surface area contributed by atoms with E-state index < -0.39 is 5.97 Å². The summed E-state index contributed by atoms with van der Waals surface area (Å²) in [4.78, 5) is 25.0. The average Bonchev–Trinajstić information content (AvgIpc) is 2.12. The van der Waals surface area contributed by atoms with Crippen molar-refractivity contribution in [2.45, 2.75) is 27.2 Å². The molecule has 0 aromatic heterocycles. The molecule has 0 saturated heterocycles. The van der Waals surface area contributed by atoms with Crippen LogP contribution in [-0.4, -0.2) is 37.4 Å². The first-order chi connectivity index (χ1) is 7.38. The molecule has 0 bridgehead atoms. The molecular weight excluding hydrogens is 206 g/mol. The number of carbonyl (C=O) groups excluding carboxylic acids is 2. The van der Waals surface area contributed by atoms with E-state index in [9.17, 15) is 9.59 Å². The molecule has 0 unspecified atom stereocenters. The molecule has 0 saturated carbocycles. The van der Waals surface area contributed by atoms with Gasteiger partial charge in [0.05, 0.1) is 6.61 Å². The molecule has 0 spiro atoms. The Morgan fingerprint density at radius 3 is 2.25 bits per heavy atom. The van der Waals surface area contributed by atoms with Crippen LogP contribution >= 0.6 is 0 Å². The topological polar surface area (TPSA) is 46.6 Å². The lowest BCUT2D eigenvalue weighted by atomic mass is 10.0. The number of rotatable bonds is 6. The lowest BCUT2D eigenvalue weighted by molar-refractivity contribution is -0.140. The number of esters is 1. The first-order valence-electron chi connectivity index (χ1n) is 5.47. The first kappa shape index (κ1) is 14.7. The summed E-state index contributed by atoms with van der Waals surface area (Å²) in [6.45, 7) is 5.88. The van der Waals surface area contributed by atoms with E-state index in [2.05, 4.69) is 0 Å². The second-order valence-corrected chi connectivity index (χ2v) is 4.25. The number of hydrogen-bond donors (Lipinski definition) is 0. The average molecular weight is 227 g/mol. The predicted molar refractivity (Wildman–Crippen MR) is 62.9 cm³/mol. The molecule has 0 aromatic carbocycles. The van der Waals surface area contributed by atoms with Gasteiger partial charge in [-0.05, 0) is 12.8 Å². The van der Waals surface area contributed by atoms with Crippen molar-refractivity contribution in [1.82, 2.24) is 4.90 Å². The van der Waals surface area contributed by atoms with Crippen molar-refractivity contribution in [3.05, 3.63) is 11.8 Å². The van der Waals surface area contributed by atoms with Gasteiger partial charge in [-0.2, -0.15) is 0 Å². The molecule has 0 radical (unpaired) electrons. The number of carbonyl (C=O) groups is 2. The Balaban J connectivity index is 4.81. The van der Waals surface area contributed by atoms with Crippen LogP contribution in [0.15, 0.2) is 11.8 Å². The minimum absolute atomic E-state index is 0.126. The zero-order valence-corrected chi connectivity index (χ0v) is 10.7. The Bertz CT molecular complexity index is 280. The third-order valence-electron chi connectivity index (χ3n) is 1.78. The second kappa shape index (κ2) is 7.04. The molecule has 0 aliphatic heterocycles. The van der Waals surface area contributed by atoms with Gasteiger partial charge in [0, 0.05) is 26.7 Å². The molecule has 0 aliphatic rings. The zero-order valence-electron chi connectivity index (χ0n) is 10.7. The van der Waals surface area contributed by atoms with Gasteiger partial charge in [0.25, 0.3) is 0 Å². The number of hydrogen-bond acceptors (Lipinski definition) is 4. The van der Waals surface area contributed by atoms with Crippen LogP contribution in [-0.2, 0) is 14.3 Å². The smallest absolute Gasteiger partial charge is 0.343 e. The molecule has 0 heterocycles. The largest absolute Gasteiger partial charge is 0.462 e. The lowest BCUT2D eigenvalue weighted by Gasteiger charge is -2.11. The highest BCUT2D eigenvalue weighted by atomic mass is 16.5. The summed E-state index contributed by atoms with van der Waals surface area (Å²) in [5.74, 6) is -0.475. The highest BCUT2D eigenvalue weighted by molar-refractivity contribution is 6.17. The Labute approximate surface area is 97.3 Å².